The molecule has 0 aliphatic carbocycles. The lowest BCUT2D eigenvalue weighted by Crippen LogP contribution is -2.24. The first-order valence-corrected chi connectivity index (χ1v) is 14.6. The van der Waals surface area contributed by atoms with Gasteiger partial charge in [-0.15, -0.1) is 22.7 Å². The van der Waals surface area contributed by atoms with Crippen molar-refractivity contribution in [3.05, 3.63) is 115 Å². The Morgan fingerprint density at radius 3 is 1.38 bits per heavy atom. The van der Waals surface area contributed by atoms with E-state index in [2.05, 4.69) is 84.9 Å². The molecule has 0 saturated carbocycles. The zero-order chi connectivity index (χ0) is 22.7. The van der Waals surface area contributed by atoms with Gasteiger partial charge in [0.05, 0.1) is 0 Å². The maximum Gasteiger partial charge on any atom is 0.171 e. The Kier molecular flexibility index (Phi) is 4.54. The SMILES string of the molecule is O=P(c1ccccc1)(c1ccc2c(c1)sc1ccccc12)c1ccc2c(c1)sc1ccccc12. The lowest BCUT2D eigenvalue weighted by Gasteiger charge is -2.20. The monoisotopic (exact) mass is 490 g/mol. The Balaban J connectivity index is 1.50. The number of fused-ring (bicyclic) bond motifs is 6. The van der Waals surface area contributed by atoms with E-state index in [1.54, 1.807) is 22.7 Å². The number of thiophene rings is 2. The Morgan fingerprint density at radius 2 is 0.853 bits per heavy atom. The van der Waals surface area contributed by atoms with Crippen LogP contribution in [0.4, 0.5) is 0 Å². The molecule has 0 saturated heterocycles. The molecule has 4 heteroatoms. The van der Waals surface area contributed by atoms with Crippen molar-refractivity contribution in [1.82, 2.24) is 0 Å². The van der Waals surface area contributed by atoms with E-state index in [1.807, 2.05) is 30.3 Å². The van der Waals surface area contributed by atoms with Crippen molar-refractivity contribution in [2.24, 2.45) is 0 Å². The molecule has 2 aromatic heterocycles. The zero-order valence-electron chi connectivity index (χ0n) is 18.1. The van der Waals surface area contributed by atoms with Crippen LogP contribution in [-0.2, 0) is 4.57 Å². The first-order chi connectivity index (χ1) is 16.7. The maximum atomic E-state index is 15.1. The average Bonchev–Trinajstić information content (AvgIpc) is 3.46. The van der Waals surface area contributed by atoms with E-state index in [0.717, 1.165) is 15.9 Å². The highest BCUT2D eigenvalue weighted by molar-refractivity contribution is 7.85. The first kappa shape index (κ1) is 20.2. The van der Waals surface area contributed by atoms with Crippen LogP contribution >= 0.6 is 29.8 Å². The van der Waals surface area contributed by atoms with Gasteiger partial charge < -0.3 is 4.57 Å². The van der Waals surface area contributed by atoms with Gasteiger partial charge in [-0.2, -0.15) is 0 Å². The highest BCUT2D eigenvalue weighted by atomic mass is 32.1. The van der Waals surface area contributed by atoms with E-state index >= 15 is 4.57 Å². The van der Waals surface area contributed by atoms with Crippen LogP contribution in [0.3, 0.4) is 0 Å². The summed E-state index contributed by atoms with van der Waals surface area (Å²) in [5.41, 5.74) is 0. The topological polar surface area (TPSA) is 17.1 Å². The van der Waals surface area contributed by atoms with Crippen LogP contribution in [-0.4, -0.2) is 0 Å². The van der Waals surface area contributed by atoms with E-state index in [-0.39, 0.29) is 0 Å². The fourth-order valence-corrected chi connectivity index (χ4v) is 10.0. The molecule has 0 bridgehead atoms. The molecule has 7 rings (SSSR count). The molecular formula is C30H19OPS2. The third-order valence-electron chi connectivity index (χ3n) is 6.57. The molecule has 2 heterocycles. The van der Waals surface area contributed by atoms with Crippen molar-refractivity contribution in [2.45, 2.75) is 0 Å². The minimum absolute atomic E-state index is 0.871. The standard InChI is InChI=1S/C30H19OPS2/c31-32(20-8-2-1-3-9-20,21-14-16-25-23-10-4-6-12-27(23)33-29(25)18-21)22-15-17-26-24-11-5-7-13-28(24)34-30(26)19-22/h1-19H. The second-order valence-electron chi connectivity index (χ2n) is 8.50. The highest BCUT2D eigenvalue weighted by Crippen LogP contribution is 2.46. The molecule has 0 N–H and O–H groups in total. The second-order valence-corrected chi connectivity index (χ2v) is 13.4. The maximum absolute atomic E-state index is 15.1. The van der Waals surface area contributed by atoms with Crippen LogP contribution in [0.25, 0.3) is 40.3 Å². The lowest BCUT2D eigenvalue weighted by atomic mass is 10.1. The van der Waals surface area contributed by atoms with Crippen molar-refractivity contribution in [2.75, 3.05) is 0 Å². The van der Waals surface area contributed by atoms with Crippen molar-refractivity contribution in [3.63, 3.8) is 0 Å². The third-order valence-corrected chi connectivity index (χ3v) is 11.9. The molecule has 0 atom stereocenters. The summed E-state index contributed by atoms with van der Waals surface area (Å²) in [6.45, 7) is 0. The Hall–Kier alpha value is -3.23. The van der Waals surface area contributed by atoms with Gasteiger partial charge in [-0.25, -0.2) is 0 Å². The minimum Gasteiger partial charge on any atom is -0.309 e. The molecule has 0 unspecified atom stereocenters. The highest BCUT2D eigenvalue weighted by Gasteiger charge is 2.30. The van der Waals surface area contributed by atoms with Gasteiger partial charge >= 0.3 is 0 Å². The molecule has 0 aliphatic rings. The number of benzene rings is 5. The summed E-state index contributed by atoms with van der Waals surface area (Å²) in [4.78, 5) is 0. The fourth-order valence-electron chi connectivity index (χ4n) is 4.91. The predicted octanol–water partition coefficient (Wildman–Crippen LogP) is 8.06. The van der Waals surface area contributed by atoms with Crippen LogP contribution in [0.5, 0.6) is 0 Å². The van der Waals surface area contributed by atoms with Crippen molar-refractivity contribution >= 4 is 86.1 Å². The summed E-state index contributed by atoms with van der Waals surface area (Å²) in [7, 11) is -3.06. The van der Waals surface area contributed by atoms with E-state index < -0.39 is 7.14 Å². The summed E-state index contributed by atoms with van der Waals surface area (Å²) in [5, 5.41) is 7.62. The van der Waals surface area contributed by atoms with Crippen LogP contribution in [0.1, 0.15) is 0 Å². The van der Waals surface area contributed by atoms with E-state index in [0.29, 0.717) is 0 Å². The number of hydrogen-bond acceptors (Lipinski definition) is 3. The largest absolute Gasteiger partial charge is 0.309 e. The van der Waals surface area contributed by atoms with Crippen LogP contribution in [0.2, 0.25) is 0 Å². The molecule has 7 aromatic rings. The van der Waals surface area contributed by atoms with Gasteiger partial charge in [0.25, 0.3) is 0 Å². The van der Waals surface area contributed by atoms with E-state index in [9.17, 15) is 0 Å². The molecule has 0 radical (unpaired) electrons. The van der Waals surface area contributed by atoms with Gasteiger partial charge in [0.15, 0.2) is 7.14 Å². The van der Waals surface area contributed by atoms with Gasteiger partial charge in [0, 0.05) is 56.3 Å². The van der Waals surface area contributed by atoms with Crippen molar-refractivity contribution < 1.29 is 4.57 Å². The first-order valence-electron chi connectivity index (χ1n) is 11.2. The van der Waals surface area contributed by atoms with Gasteiger partial charge in [-0.1, -0.05) is 91.0 Å². The van der Waals surface area contributed by atoms with Gasteiger partial charge in [-0.05, 0) is 24.3 Å². The average molecular weight is 491 g/mol. The van der Waals surface area contributed by atoms with Crippen molar-refractivity contribution in [1.29, 1.82) is 0 Å². The number of hydrogen-bond donors (Lipinski definition) is 0. The molecule has 0 aliphatic heterocycles. The van der Waals surface area contributed by atoms with Crippen LogP contribution in [0, 0.1) is 0 Å². The summed E-state index contributed by atoms with van der Waals surface area (Å²) >= 11 is 3.54. The fraction of sp³-hybridized carbons (Fsp3) is 0. The molecule has 162 valence electrons. The minimum atomic E-state index is -3.06. The quantitative estimate of drug-likeness (QED) is 0.229. The second kappa shape index (κ2) is 7.65. The molecule has 0 spiro atoms. The van der Waals surface area contributed by atoms with Gasteiger partial charge in [0.1, 0.15) is 0 Å². The summed E-state index contributed by atoms with van der Waals surface area (Å²) in [6, 6.07) is 39.7. The molecule has 34 heavy (non-hydrogen) atoms. The Labute approximate surface area is 205 Å². The van der Waals surface area contributed by atoms with Gasteiger partial charge in [0.2, 0.25) is 0 Å². The molecule has 0 fully saturated rings. The smallest absolute Gasteiger partial charge is 0.171 e. The molecule has 5 aromatic carbocycles. The molecule has 1 nitrogen and oxygen atoms in total. The number of rotatable bonds is 3. The van der Waals surface area contributed by atoms with Crippen LogP contribution < -0.4 is 15.9 Å². The van der Waals surface area contributed by atoms with E-state index in [4.69, 9.17) is 0 Å². The van der Waals surface area contributed by atoms with Crippen molar-refractivity contribution in [3.8, 4) is 0 Å². The zero-order valence-corrected chi connectivity index (χ0v) is 20.7. The lowest BCUT2D eigenvalue weighted by molar-refractivity contribution is 0.592. The predicted molar refractivity (Wildman–Crippen MR) is 152 cm³/mol. The van der Waals surface area contributed by atoms with Gasteiger partial charge in [-0.3, -0.25) is 0 Å². The van der Waals surface area contributed by atoms with E-state index in [1.165, 1.54) is 40.3 Å². The normalized spacial score (nSPS) is 12.2. The third kappa shape index (κ3) is 2.95. The summed E-state index contributed by atoms with van der Waals surface area (Å²) in [6.07, 6.45) is 0. The molecule has 0 amide bonds. The summed E-state index contributed by atoms with van der Waals surface area (Å²) < 4.78 is 20.0. The Bertz CT molecular complexity index is 1780. The van der Waals surface area contributed by atoms with Crippen LogP contribution in [0.15, 0.2) is 115 Å². The molecular weight excluding hydrogens is 471 g/mol. The summed E-state index contributed by atoms with van der Waals surface area (Å²) in [5.74, 6) is 0. The Morgan fingerprint density at radius 1 is 0.412 bits per heavy atom.